The summed E-state index contributed by atoms with van der Waals surface area (Å²) in [6.07, 6.45) is 0. The maximum absolute atomic E-state index is 6.76. The summed E-state index contributed by atoms with van der Waals surface area (Å²) in [5.74, 6) is 3.67. The van der Waals surface area contributed by atoms with Crippen molar-refractivity contribution >= 4 is 44.9 Å². The Labute approximate surface area is 195 Å². The highest BCUT2D eigenvalue weighted by Gasteiger charge is 2.46. The van der Waals surface area contributed by atoms with Crippen LogP contribution >= 0.6 is 0 Å². The van der Waals surface area contributed by atoms with E-state index < -0.39 is 0 Å². The number of rotatable bonds is 1. The van der Waals surface area contributed by atoms with Gasteiger partial charge in [-0.3, -0.25) is 0 Å². The van der Waals surface area contributed by atoms with Gasteiger partial charge in [0.25, 0.3) is 6.71 Å². The zero-order valence-corrected chi connectivity index (χ0v) is 18.1. The molecular weight excluding hydrogens is 417 g/mol. The Morgan fingerprint density at radius 3 is 2.21 bits per heavy atom. The van der Waals surface area contributed by atoms with Crippen LogP contribution in [0.5, 0.6) is 23.0 Å². The number of hydrogen-bond donors (Lipinski definition) is 0. The highest BCUT2D eigenvalue weighted by molar-refractivity contribution is 7.00. The van der Waals surface area contributed by atoms with Gasteiger partial charge in [-0.15, -0.1) is 0 Å². The quantitative estimate of drug-likeness (QED) is 0.320. The molecule has 34 heavy (non-hydrogen) atoms. The summed E-state index contributed by atoms with van der Waals surface area (Å²) in [5, 5.41) is 2.52. The van der Waals surface area contributed by atoms with Gasteiger partial charge in [0.15, 0.2) is 0 Å². The van der Waals surface area contributed by atoms with E-state index >= 15 is 0 Å². The van der Waals surface area contributed by atoms with Gasteiger partial charge in [-0.25, -0.2) is 0 Å². The molecule has 0 saturated heterocycles. The van der Waals surface area contributed by atoms with Gasteiger partial charge in [0.05, 0.1) is 11.0 Å². The molecule has 0 N–H and O–H groups in total. The molecule has 0 aliphatic carbocycles. The molecule has 0 fully saturated rings. The van der Waals surface area contributed by atoms with Crippen molar-refractivity contribution in [3.63, 3.8) is 0 Å². The van der Waals surface area contributed by atoms with Crippen molar-refractivity contribution in [3.05, 3.63) is 97.1 Å². The molecule has 3 aliphatic rings. The third kappa shape index (κ3) is 1.85. The summed E-state index contributed by atoms with van der Waals surface area (Å²) in [6, 6.07) is 34.2. The number of nitrogens with zero attached hydrogens (tertiary/aromatic N) is 1. The topological polar surface area (TPSA) is 23.4 Å². The van der Waals surface area contributed by atoms with Gasteiger partial charge in [-0.1, -0.05) is 60.7 Å². The minimum Gasteiger partial charge on any atom is -0.458 e. The molecule has 0 radical (unpaired) electrons. The minimum atomic E-state index is 0.0814. The third-order valence-electron chi connectivity index (χ3n) is 7.64. The number of benzene rings is 5. The van der Waals surface area contributed by atoms with E-state index in [1.54, 1.807) is 0 Å². The van der Waals surface area contributed by atoms with E-state index in [0.717, 1.165) is 34.0 Å². The smallest absolute Gasteiger partial charge is 0.266 e. The SMILES string of the molecule is c1ccc(-c2cc3c4ccccc4n4c3c3c2Oc2cccc5c2B3c2c(cccc2-4)O5)cc1. The summed E-state index contributed by atoms with van der Waals surface area (Å²) >= 11 is 0. The maximum atomic E-state index is 6.76. The molecule has 5 aromatic carbocycles. The van der Waals surface area contributed by atoms with Crippen LogP contribution < -0.4 is 25.9 Å². The van der Waals surface area contributed by atoms with Gasteiger partial charge >= 0.3 is 0 Å². The van der Waals surface area contributed by atoms with Crippen LogP contribution in [0.4, 0.5) is 0 Å². The molecule has 9 rings (SSSR count). The van der Waals surface area contributed by atoms with Gasteiger partial charge in [-0.2, -0.15) is 0 Å². The van der Waals surface area contributed by atoms with Crippen LogP contribution in [0.15, 0.2) is 97.1 Å². The van der Waals surface area contributed by atoms with Crippen molar-refractivity contribution in [1.29, 1.82) is 0 Å². The summed E-state index contributed by atoms with van der Waals surface area (Å²) in [4.78, 5) is 0. The first-order chi connectivity index (χ1) is 16.9. The molecule has 0 atom stereocenters. The normalized spacial score (nSPS) is 13.7. The van der Waals surface area contributed by atoms with Crippen molar-refractivity contribution < 1.29 is 9.47 Å². The first kappa shape index (κ1) is 17.1. The predicted octanol–water partition coefficient (Wildman–Crippen LogP) is 5.49. The van der Waals surface area contributed by atoms with Gasteiger partial charge in [0.1, 0.15) is 23.0 Å². The van der Waals surface area contributed by atoms with Crippen LogP contribution in [0.25, 0.3) is 38.6 Å². The van der Waals surface area contributed by atoms with Crippen LogP contribution in [0.3, 0.4) is 0 Å². The van der Waals surface area contributed by atoms with Crippen LogP contribution in [0.2, 0.25) is 0 Å². The first-order valence-corrected chi connectivity index (χ1v) is 11.7. The lowest BCUT2D eigenvalue weighted by Crippen LogP contribution is -2.60. The van der Waals surface area contributed by atoms with Crippen molar-refractivity contribution in [1.82, 2.24) is 4.57 Å². The van der Waals surface area contributed by atoms with Gasteiger partial charge in [-0.05, 0) is 52.9 Å². The predicted molar refractivity (Wildman–Crippen MR) is 137 cm³/mol. The van der Waals surface area contributed by atoms with Gasteiger partial charge in [0.2, 0.25) is 0 Å². The second kappa shape index (κ2) is 5.73. The molecule has 6 aromatic rings. The van der Waals surface area contributed by atoms with Gasteiger partial charge in [0, 0.05) is 27.5 Å². The Balaban J connectivity index is 1.57. The summed E-state index contributed by atoms with van der Waals surface area (Å²) in [5.41, 5.74) is 9.56. The van der Waals surface area contributed by atoms with Crippen molar-refractivity contribution in [2.24, 2.45) is 0 Å². The average molecular weight is 433 g/mol. The zero-order valence-electron chi connectivity index (χ0n) is 18.1. The molecular formula is C30H16BNO2. The van der Waals surface area contributed by atoms with Crippen LogP contribution in [0.1, 0.15) is 0 Å². The van der Waals surface area contributed by atoms with Crippen molar-refractivity contribution in [3.8, 4) is 39.8 Å². The number of para-hydroxylation sites is 1. The fourth-order valence-electron chi connectivity index (χ4n) is 6.35. The molecule has 0 saturated carbocycles. The van der Waals surface area contributed by atoms with Crippen molar-refractivity contribution in [2.45, 2.75) is 0 Å². The van der Waals surface area contributed by atoms with E-state index in [0.29, 0.717) is 0 Å². The fraction of sp³-hybridized carbons (Fsp3) is 0. The Morgan fingerprint density at radius 1 is 0.588 bits per heavy atom. The molecule has 3 nitrogen and oxygen atoms in total. The molecule has 0 bridgehead atoms. The lowest BCUT2D eigenvalue weighted by Gasteiger charge is -2.38. The first-order valence-electron chi connectivity index (χ1n) is 11.7. The number of fused-ring (bicyclic) bond motifs is 4. The summed E-state index contributed by atoms with van der Waals surface area (Å²) in [7, 11) is 0. The lowest BCUT2D eigenvalue weighted by molar-refractivity contribution is 0.465. The second-order valence-electron chi connectivity index (χ2n) is 9.28. The Kier molecular flexibility index (Phi) is 2.88. The zero-order chi connectivity index (χ0) is 22.0. The molecule has 3 aliphatic heterocycles. The molecule has 1 aromatic heterocycles. The van der Waals surface area contributed by atoms with E-state index in [2.05, 4.69) is 95.6 Å². The van der Waals surface area contributed by atoms with Crippen LogP contribution in [0, 0.1) is 0 Å². The fourth-order valence-corrected chi connectivity index (χ4v) is 6.35. The largest absolute Gasteiger partial charge is 0.458 e. The van der Waals surface area contributed by atoms with E-state index in [-0.39, 0.29) is 6.71 Å². The Bertz CT molecular complexity index is 1870. The average Bonchev–Trinajstić information content (AvgIpc) is 3.23. The molecule has 4 heteroatoms. The molecule has 0 amide bonds. The molecule has 0 unspecified atom stereocenters. The molecule has 0 spiro atoms. The number of ether oxygens (including phenoxy) is 2. The monoisotopic (exact) mass is 433 g/mol. The van der Waals surface area contributed by atoms with Crippen molar-refractivity contribution in [2.75, 3.05) is 0 Å². The van der Waals surface area contributed by atoms with E-state index in [1.807, 2.05) is 6.07 Å². The van der Waals surface area contributed by atoms with Gasteiger partial charge < -0.3 is 14.0 Å². The Morgan fingerprint density at radius 2 is 1.32 bits per heavy atom. The van der Waals surface area contributed by atoms with E-state index in [4.69, 9.17) is 9.47 Å². The lowest BCUT2D eigenvalue weighted by atomic mass is 9.33. The maximum Gasteiger partial charge on any atom is 0.266 e. The second-order valence-corrected chi connectivity index (χ2v) is 9.28. The highest BCUT2D eigenvalue weighted by atomic mass is 16.5. The van der Waals surface area contributed by atoms with Crippen LogP contribution in [-0.4, -0.2) is 11.3 Å². The third-order valence-corrected chi connectivity index (χ3v) is 7.64. The minimum absolute atomic E-state index is 0.0814. The Hall–Kier alpha value is -4.44. The van der Waals surface area contributed by atoms with E-state index in [9.17, 15) is 0 Å². The molecule has 4 heterocycles. The number of hydrogen-bond acceptors (Lipinski definition) is 2. The van der Waals surface area contributed by atoms with E-state index in [1.165, 1.54) is 44.0 Å². The summed E-state index contributed by atoms with van der Waals surface area (Å²) < 4.78 is 15.6. The molecule has 156 valence electrons. The highest BCUT2D eigenvalue weighted by Crippen LogP contribution is 2.46. The summed E-state index contributed by atoms with van der Waals surface area (Å²) in [6.45, 7) is 0.0814. The standard InChI is InChI=1S/C30H16BNO2/c1-2-8-17(9-3-1)19-16-20-18-10-4-5-11-21(18)32-22-12-6-13-23-26(22)31-27-24(33-23)14-7-15-25(27)34-30(19)28(31)29(20)32/h1-16H. The number of aromatic nitrogens is 1. The van der Waals surface area contributed by atoms with Crippen LogP contribution in [-0.2, 0) is 0 Å².